The van der Waals surface area contributed by atoms with Crippen molar-refractivity contribution in [1.82, 2.24) is 0 Å². The molecular formula is C20H23NO5. The normalized spacial score (nSPS) is 10.3. The third-order valence-electron chi connectivity index (χ3n) is 3.66. The Kier molecular flexibility index (Phi) is 6.60. The lowest BCUT2D eigenvalue weighted by molar-refractivity contribution is -0.139. The molecule has 6 heteroatoms. The van der Waals surface area contributed by atoms with Crippen LogP contribution in [0, 0.1) is 13.8 Å². The summed E-state index contributed by atoms with van der Waals surface area (Å²) >= 11 is 0. The molecule has 2 N–H and O–H groups in total. The van der Waals surface area contributed by atoms with E-state index in [2.05, 4.69) is 5.32 Å². The van der Waals surface area contributed by atoms with Gasteiger partial charge in [-0.15, -0.1) is 0 Å². The van der Waals surface area contributed by atoms with E-state index in [1.54, 1.807) is 32.0 Å². The lowest BCUT2D eigenvalue weighted by Gasteiger charge is -2.14. The lowest BCUT2D eigenvalue weighted by atomic mass is 10.0. The van der Waals surface area contributed by atoms with Crippen LogP contribution in [-0.4, -0.2) is 30.2 Å². The Morgan fingerprint density at radius 2 is 1.73 bits per heavy atom. The van der Waals surface area contributed by atoms with Gasteiger partial charge < -0.3 is 19.9 Å². The molecule has 138 valence electrons. The van der Waals surface area contributed by atoms with Crippen LogP contribution in [0.2, 0.25) is 0 Å². The molecule has 0 aliphatic rings. The average Bonchev–Trinajstić information content (AvgIpc) is 2.59. The number of benzene rings is 2. The van der Waals surface area contributed by atoms with Crippen molar-refractivity contribution >= 4 is 17.6 Å². The fraction of sp³-hybridized carbons (Fsp3) is 0.300. The number of nitrogens with one attached hydrogen (secondary N) is 1. The summed E-state index contributed by atoms with van der Waals surface area (Å²) in [5.74, 6) is -0.212. The highest BCUT2D eigenvalue weighted by atomic mass is 16.5. The predicted molar refractivity (Wildman–Crippen MR) is 99.2 cm³/mol. The van der Waals surface area contributed by atoms with E-state index in [-0.39, 0.29) is 5.91 Å². The number of carbonyl (C=O) groups is 2. The van der Waals surface area contributed by atoms with Crippen molar-refractivity contribution in [3.63, 3.8) is 0 Å². The predicted octanol–water partition coefficient (Wildman–Crippen LogP) is 3.81. The number of ether oxygens (including phenoxy) is 2. The van der Waals surface area contributed by atoms with Crippen LogP contribution >= 0.6 is 0 Å². The van der Waals surface area contributed by atoms with Crippen LogP contribution in [0.1, 0.15) is 34.8 Å². The number of amides is 1. The summed E-state index contributed by atoms with van der Waals surface area (Å²) in [7, 11) is 0. The number of carboxylic acid groups (broad SMARTS) is 1. The van der Waals surface area contributed by atoms with E-state index in [1.165, 1.54) is 0 Å². The van der Waals surface area contributed by atoms with Gasteiger partial charge in [-0.05, 0) is 55.7 Å². The maximum absolute atomic E-state index is 12.6. The summed E-state index contributed by atoms with van der Waals surface area (Å²) < 4.78 is 10.9. The van der Waals surface area contributed by atoms with Gasteiger partial charge in [-0.3, -0.25) is 4.79 Å². The van der Waals surface area contributed by atoms with Gasteiger partial charge in [0.1, 0.15) is 11.5 Å². The number of aliphatic carboxylic acids is 1. The number of hydrogen-bond donors (Lipinski definition) is 2. The van der Waals surface area contributed by atoms with Crippen LogP contribution in [-0.2, 0) is 4.79 Å². The molecule has 0 bridgehead atoms. The van der Waals surface area contributed by atoms with Crippen LogP contribution in [0.5, 0.6) is 11.5 Å². The van der Waals surface area contributed by atoms with Crippen molar-refractivity contribution in [1.29, 1.82) is 0 Å². The second kappa shape index (κ2) is 8.89. The molecule has 0 heterocycles. The lowest BCUT2D eigenvalue weighted by Crippen LogP contribution is -2.15. The summed E-state index contributed by atoms with van der Waals surface area (Å²) in [4.78, 5) is 23.3. The molecule has 0 unspecified atom stereocenters. The summed E-state index contributed by atoms with van der Waals surface area (Å²) in [5.41, 5.74) is 2.47. The molecule has 0 aliphatic heterocycles. The van der Waals surface area contributed by atoms with Crippen LogP contribution < -0.4 is 14.8 Å². The van der Waals surface area contributed by atoms with Gasteiger partial charge >= 0.3 is 5.97 Å². The smallest absolute Gasteiger partial charge is 0.341 e. The highest BCUT2D eigenvalue weighted by Crippen LogP contribution is 2.27. The van der Waals surface area contributed by atoms with Gasteiger partial charge in [0.25, 0.3) is 5.91 Å². The van der Waals surface area contributed by atoms with Crippen molar-refractivity contribution in [3.8, 4) is 11.5 Å². The molecule has 0 saturated carbocycles. The van der Waals surface area contributed by atoms with Crippen molar-refractivity contribution in [2.75, 3.05) is 18.5 Å². The fourth-order valence-electron chi connectivity index (χ4n) is 2.55. The molecule has 0 spiro atoms. The molecule has 0 aliphatic carbocycles. The Bertz CT molecular complexity index is 778. The quantitative estimate of drug-likeness (QED) is 0.750. The van der Waals surface area contributed by atoms with Gasteiger partial charge in [0.2, 0.25) is 0 Å². The second-order valence-electron chi connectivity index (χ2n) is 5.92. The third-order valence-corrected chi connectivity index (χ3v) is 3.66. The summed E-state index contributed by atoms with van der Waals surface area (Å²) in [5, 5.41) is 11.6. The zero-order valence-electron chi connectivity index (χ0n) is 15.2. The van der Waals surface area contributed by atoms with Crippen molar-refractivity contribution in [2.24, 2.45) is 0 Å². The van der Waals surface area contributed by atoms with E-state index in [9.17, 15) is 9.59 Å². The number of carboxylic acids is 1. The van der Waals surface area contributed by atoms with Crippen LogP contribution in [0.25, 0.3) is 0 Å². The van der Waals surface area contributed by atoms with Gasteiger partial charge in [-0.2, -0.15) is 0 Å². The molecule has 0 saturated heterocycles. The van der Waals surface area contributed by atoms with E-state index in [0.29, 0.717) is 40.5 Å². The van der Waals surface area contributed by atoms with Crippen molar-refractivity contribution < 1.29 is 24.2 Å². The van der Waals surface area contributed by atoms with E-state index >= 15 is 0 Å². The number of carbonyl (C=O) groups excluding carboxylic acids is 1. The zero-order valence-corrected chi connectivity index (χ0v) is 15.2. The summed E-state index contributed by atoms with van der Waals surface area (Å²) in [6.07, 6.45) is 0.873. The first-order valence-electron chi connectivity index (χ1n) is 8.41. The molecule has 1 amide bonds. The van der Waals surface area contributed by atoms with Crippen LogP contribution in [0.15, 0.2) is 36.4 Å². The number of para-hydroxylation sites is 2. The molecule has 6 nitrogen and oxygen atoms in total. The first kappa shape index (κ1) is 19.3. The molecule has 0 radical (unpaired) electrons. The standard InChI is InChI=1S/C20H23NO5/c1-4-9-25-17-8-6-5-7-16(17)21-20(24)15-10-13(2)19(14(3)11-15)26-12-18(22)23/h5-8,10-11H,4,9,12H2,1-3H3,(H,21,24)(H,22,23). The number of rotatable bonds is 8. The average molecular weight is 357 g/mol. The summed E-state index contributed by atoms with van der Waals surface area (Å²) in [6, 6.07) is 10.6. The van der Waals surface area contributed by atoms with Gasteiger partial charge in [0.15, 0.2) is 6.61 Å². The molecular weight excluding hydrogens is 334 g/mol. The minimum atomic E-state index is -1.05. The third kappa shape index (κ3) is 4.99. The SMILES string of the molecule is CCCOc1ccccc1NC(=O)c1cc(C)c(OCC(=O)O)c(C)c1. The van der Waals surface area contributed by atoms with E-state index in [0.717, 1.165) is 6.42 Å². The van der Waals surface area contributed by atoms with Gasteiger partial charge in [0.05, 0.1) is 12.3 Å². The minimum absolute atomic E-state index is 0.270. The Hall–Kier alpha value is -3.02. The molecule has 2 aromatic carbocycles. The monoisotopic (exact) mass is 357 g/mol. The summed E-state index contributed by atoms with van der Waals surface area (Å²) in [6.45, 7) is 5.72. The fourth-order valence-corrected chi connectivity index (χ4v) is 2.55. The number of hydrogen-bond acceptors (Lipinski definition) is 4. The first-order chi connectivity index (χ1) is 12.4. The van der Waals surface area contributed by atoms with E-state index < -0.39 is 12.6 Å². The first-order valence-corrected chi connectivity index (χ1v) is 8.41. The largest absolute Gasteiger partial charge is 0.491 e. The molecule has 26 heavy (non-hydrogen) atoms. The number of aryl methyl sites for hydroxylation is 2. The van der Waals surface area contributed by atoms with Crippen LogP contribution in [0.3, 0.4) is 0 Å². The Labute approximate surface area is 152 Å². The Morgan fingerprint density at radius 1 is 1.08 bits per heavy atom. The Morgan fingerprint density at radius 3 is 2.35 bits per heavy atom. The van der Waals surface area contributed by atoms with Crippen molar-refractivity contribution in [2.45, 2.75) is 27.2 Å². The van der Waals surface area contributed by atoms with Gasteiger partial charge in [-0.25, -0.2) is 4.79 Å². The van der Waals surface area contributed by atoms with Gasteiger partial charge in [-0.1, -0.05) is 19.1 Å². The molecule has 0 aromatic heterocycles. The maximum atomic E-state index is 12.6. The maximum Gasteiger partial charge on any atom is 0.341 e. The highest BCUT2D eigenvalue weighted by molar-refractivity contribution is 6.05. The molecule has 2 rings (SSSR count). The Balaban J connectivity index is 2.19. The van der Waals surface area contributed by atoms with Gasteiger partial charge in [0, 0.05) is 5.56 Å². The topological polar surface area (TPSA) is 84.9 Å². The second-order valence-corrected chi connectivity index (χ2v) is 5.92. The van der Waals surface area contributed by atoms with E-state index in [4.69, 9.17) is 14.6 Å². The van der Waals surface area contributed by atoms with Crippen molar-refractivity contribution in [3.05, 3.63) is 53.1 Å². The number of anilines is 1. The van der Waals surface area contributed by atoms with E-state index in [1.807, 2.05) is 25.1 Å². The zero-order chi connectivity index (χ0) is 19.1. The molecule has 0 fully saturated rings. The molecule has 0 atom stereocenters. The van der Waals surface area contributed by atoms with Crippen LogP contribution in [0.4, 0.5) is 5.69 Å². The highest BCUT2D eigenvalue weighted by Gasteiger charge is 2.14. The minimum Gasteiger partial charge on any atom is -0.491 e. The molecule has 2 aromatic rings.